The fraction of sp³-hybridized carbons (Fsp3) is 0.375. The van der Waals surface area contributed by atoms with Crippen LogP contribution in [0.4, 0.5) is 0 Å². The Morgan fingerprint density at radius 2 is 2.14 bits per heavy atom. The molecule has 5 heteroatoms. The van der Waals surface area contributed by atoms with Crippen molar-refractivity contribution >= 4 is 22.2 Å². The summed E-state index contributed by atoms with van der Waals surface area (Å²) in [6.07, 6.45) is 0.859. The maximum Gasteiger partial charge on any atom is 0.0898 e. The van der Waals surface area contributed by atoms with Gasteiger partial charge in [-0.2, -0.15) is 5.10 Å². The van der Waals surface area contributed by atoms with Crippen molar-refractivity contribution in [2.24, 2.45) is 7.05 Å². The molecule has 3 aromatic rings. The van der Waals surface area contributed by atoms with Gasteiger partial charge in [-0.15, -0.1) is 11.3 Å². The minimum atomic E-state index is 0.221. The van der Waals surface area contributed by atoms with Gasteiger partial charge in [-0.1, -0.05) is 25.1 Å². The zero-order valence-electron chi connectivity index (χ0n) is 12.6. The zero-order valence-corrected chi connectivity index (χ0v) is 13.4. The molecule has 1 atom stereocenters. The fourth-order valence-corrected chi connectivity index (χ4v) is 3.37. The average molecular weight is 300 g/mol. The van der Waals surface area contributed by atoms with E-state index in [4.69, 9.17) is 5.10 Å². The molecule has 2 aromatic heterocycles. The lowest BCUT2D eigenvalue weighted by molar-refractivity contribution is 0.530. The monoisotopic (exact) mass is 300 g/mol. The Balaban J connectivity index is 1.94. The second-order valence-electron chi connectivity index (χ2n) is 5.19. The Morgan fingerprint density at radius 1 is 1.33 bits per heavy atom. The summed E-state index contributed by atoms with van der Waals surface area (Å²) in [6, 6.07) is 8.61. The van der Waals surface area contributed by atoms with Crippen LogP contribution in [0.3, 0.4) is 0 Å². The molecule has 21 heavy (non-hydrogen) atoms. The van der Waals surface area contributed by atoms with E-state index in [0.717, 1.165) is 29.4 Å². The molecule has 4 nitrogen and oxygen atoms in total. The van der Waals surface area contributed by atoms with Crippen molar-refractivity contribution in [3.63, 3.8) is 0 Å². The number of thiazole rings is 1. The highest BCUT2D eigenvalue weighted by atomic mass is 32.1. The third-order valence-electron chi connectivity index (χ3n) is 3.68. The minimum Gasteiger partial charge on any atom is -0.309 e. The third-order valence-corrected chi connectivity index (χ3v) is 4.47. The Bertz CT molecular complexity index is 744. The summed E-state index contributed by atoms with van der Waals surface area (Å²) in [6.45, 7) is 5.10. The lowest BCUT2D eigenvalue weighted by atomic mass is 10.1. The number of aryl methyl sites for hydroxylation is 2. The van der Waals surface area contributed by atoms with Crippen molar-refractivity contribution < 1.29 is 0 Å². The Hall–Kier alpha value is -1.72. The second kappa shape index (κ2) is 5.95. The maximum atomic E-state index is 4.70. The van der Waals surface area contributed by atoms with Crippen LogP contribution in [0.15, 0.2) is 29.6 Å². The van der Waals surface area contributed by atoms with Gasteiger partial charge in [0.05, 0.1) is 28.0 Å². The van der Waals surface area contributed by atoms with Gasteiger partial charge in [-0.25, -0.2) is 4.98 Å². The maximum absolute atomic E-state index is 4.70. The van der Waals surface area contributed by atoms with E-state index >= 15 is 0 Å². The van der Waals surface area contributed by atoms with E-state index in [1.165, 1.54) is 10.9 Å². The van der Waals surface area contributed by atoms with E-state index in [-0.39, 0.29) is 6.04 Å². The normalized spacial score (nSPS) is 12.9. The molecule has 0 amide bonds. The smallest absolute Gasteiger partial charge is 0.0898 e. The highest BCUT2D eigenvalue weighted by Crippen LogP contribution is 2.24. The van der Waals surface area contributed by atoms with Gasteiger partial charge in [-0.3, -0.25) is 4.68 Å². The van der Waals surface area contributed by atoms with Crippen LogP contribution in [-0.4, -0.2) is 21.3 Å². The first-order valence-electron chi connectivity index (χ1n) is 7.25. The van der Waals surface area contributed by atoms with Crippen molar-refractivity contribution in [2.45, 2.75) is 26.3 Å². The Morgan fingerprint density at radius 3 is 2.86 bits per heavy atom. The molecule has 3 rings (SSSR count). The third kappa shape index (κ3) is 2.84. The molecule has 0 fully saturated rings. The molecule has 1 unspecified atom stereocenters. The van der Waals surface area contributed by atoms with Crippen LogP contribution in [0.25, 0.3) is 10.9 Å². The summed E-state index contributed by atoms with van der Waals surface area (Å²) < 4.78 is 1.96. The van der Waals surface area contributed by atoms with Gasteiger partial charge in [-0.05, 0) is 19.5 Å². The van der Waals surface area contributed by atoms with E-state index in [1.807, 2.05) is 18.7 Å². The summed E-state index contributed by atoms with van der Waals surface area (Å²) in [4.78, 5) is 4.63. The predicted molar refractivity (Wildman–Crippen MR) is 87.7 cm³/mol. The van der Waals surface area contributed by atoms with E-state index in [9.17, 15) is 0 Å². The fourth-order valence-electron chi connectivity index (χ4n) is 2.70. The molecular weight excluding hydrogens is 280 g/mol. The number of nitrogens with zero attached hydrogens (tertiary/aromatic N) is 3. The summed E-state index contributed by atoms with van der Waals surface area (Å²) in [7, 11) is 2.00. The summed E-state index contributed by atoms with van der Waals surface area (Å²) in [5, 5.41) is 12.7. The van der Waals surface area contributed by atoms with Crippen LogP contribution < -0.4 is 5.32 Å². The standard InChI is InChI=1S/C16H20N4S/c1-4-17-14(15-10-21-11(2)18-15)9-13-12-7-5-6-8-16(12)20(3)19-13/h5-8,10,14,17H,4,9H2,1-3H3. The molecule has 0 spiro atoms. The zero-order chi connectivity index (χ0) is 14.8. The molecule has 0 saturated heterocycles. The van der Waals surface area contributed by atoms with Crippen LogP contribution in [0, 0.1) is 6.92 Å². The number of hydrogen-bond donors (Lipinski definition) is 1. The van der Waals surface area contributed by atoms with E-state index in [1.54, 1.807) is 11.3 Å². The lowest BCUT2D eigenvalue weighted by Gasteiger charge is -2.14. The molecular formula is C16H20N4S. The van der Waals surface area contributed by atoms with Gasteiger partial charge in [0, 0.05) is 24.2 Å². The van der Waals surface area contributed by atoms with Crippen molar-refractivity contribution in [1.29, 1.82) is 0 Å². The van der Waals surface area contributed by atoms with Crippen LogP contribution in [0.2, 0.25) is 0 Å². The van der Waals surface area contributed by atoms with Crippen LogP contribution >= 0.6 is 11.3 Å². The minimum absolute atomic E-state index is 0.221. The predicted octanol–water partition coefficient (Wildman–Crippen LogP) is 3.23. The van der Waals surface area contributed by atoms with Gasteiger partial charge in [0.15, 0.2) is 0 Å². The SMILES string of the molecule is CCNC(Cc1nn(C)c2ccccc12)c1csc(C)n1. The van der Waals surface area contributed by atoms with Gasteiger partial charge in [0.1, 0.15) is 0 Å². The van der Waals surface area contributed by atoms with Gasteiger partial charge in [0.2, 0.25) is 0 Å². The molecule has 0 aliphatic rings. The molecule has 110 valence electrons. The first-order chi connectivity index (χ1) is 10.2. The first kappa shape index (κ1) is 14.2. The van der Waals surface area contributed by atoms with Gasteiger partial charge in [0.25, 0.3) is 0 Å². The quantitative estimate of drug-likeness (QED) is 0.786. The van der Waals surface area contributed by atoms with Crippen molar-refractivity contribution in [2.75, 3.05) is 6.54 Å². The molecule has 0 saturated carbocycles. The van der Waals surface area contributed by atoms with Crippen molar-refractivity contribution in [3.8, 4) is 0 Å². The Kier molecular flexibility index (Phi) is 4.03. The highest BCUT2D eigenvalue weighted by Gasteiger charge is 2.18. The number of hydrogen-bond acceptors (Lipinski definition) is 4. The highest BCUT2D eigenvalue weighted by molar-refractivity contribution is 7.09. The molecule has 0 aliphatic carbocycles. The number of likely N-dealkylation sites (N-methyl/N-ethyl adjacent to an activating group) is 1. The Labute approximate surface area is 128 Å². The molecule has 0 bridgehead atoms. The van der Waals surface area contributed by atoms with E-state index in [2.05, 4.69) is 46.9 Å². The molecule has 1 aromatic carbocycles. The summed E-state index contributed by atoms with van der Waals surface area (Å²) in [5.41, 5.74) is 3.43. The lowest BCUT2D eigenvalue weighted by Crippen LogP contribution is -2.23. The molecule has 1 N–H and O–H groups in total. The number of benzene rings is 1. The topological polar surface area (TPSA) is 42.7 Å². The van der Waals surface area contributed by atoms with Gasteiger partial charge >= 0.3 is 0 Å². The second-order valence-corrected chi connectivity index (χ2v) is 6.26. The largest absolute Gasteiger partial charge is 0.309 e. The number of rotatable bonds is 5. The number of aromatic nitrogens is 3. The first-order valence-corrected chi connectivity index (χ1v) is 8.13. The van der Waals surface area contributed by atoms with E-state index < -0.39 is 0 Å². The van der Waals surface area contributed by atoms with Crippen LogP contribution in [0.1, 0.15) is 29.4 Å². The van der Waals surface area contributed by atoms with Crippen molar-refractivity contribution in [3.05, 3.63) is 46.0 Å². The molecule has 0 radical (unpaired) electrons. The van der Waals surface area contributed by atoms with Gasteiger partial charge < -0.3 is 5.32 Å². The average Bonchev–Trinajstić information content (AvgIpc) is 3.04. The molecule has 2 heterocycles. The summed E-state index contributed by atoms with van der Waals surface area (Å²) >= 11 is 1.70. The van der Waals surface area contributed by atoms with Crippen LogP contribution in [0.5, 0.6) is 0 Å². The van der Waals surface area contributed by atoms with E-state index in [0.29, 0.717) is 0 Å². The number of para-hydroxylation sites is 1. The van der Waals surface area contributed by atoms with Crippen LogP contribution in [-0.2, 0) is 13.5 Å². The number of nitrogens with one attached hydrogen (secondary N) is 1. The van der Waals surface area contributed by atoms with Crippen molar-refractivity contribution in [1.82, 2.24) is 20.1 Å². The summed E-state index contributed by atoms with van der Waals surface area (Å²) in [5.74, 6) is 0. The molecule has 0 aliphatic heterocycles. The number of fused-ring (bicyclic) bond motifs is 1.